The summed E-state index contributed by atoms with van der Waals surface area (Å²) < 4.78 is 51.5. The molecule has 1 fully saturated rings. The van der Waals surface area contributed by atoms with Crippen molar-refractivity contribution in [3.63, 3.8) is 0 Å². The summed E-state index contributed by atoms with van der Waals surface area (Å²) >= 11 is 0. The summed E-state index contributed by atoms with van der Waals surface area (Å²) in [6, 6.07) is 7.90. The van der Waals surface area contributed by atoms with Crippen molar-refractivity contribution in [3.05, 3.63) is 29.8 Å². The van der Waals surface area contributed by atoms with Crippen molar-refractivity contribution in [3.8, 4) is 0 Å². The molecule has 2 rings (SSSR count). The summed E-state index contributed by atoms with van der Waals surface area (Å²) in [5.41, 5.74) is 2.04. The van der Waals surface area contributed by atoms with Crippen LogP contribution < -0.4 is 14.8 Å². The molecule has 2 unspecified atom stereocenters. The number of hydrogen-bond donors (Lipinski definition) is 3. The summed E-state index contributed by atoms with van der Waals surface area (Å²) in [5.74, 6) is 0.364. The quantitative estimate of drug-likeness (QED) is 0.515. The van der Waals surface area contributed by atoms with Crippen molar-refractivity contribution < 1.29 is 16.8 Å². The Labute approximate surface area is 157 Å². The molecule has 3 N–H and O–H groups in total. The number of anilines is 1. The lowest BCUT2D eigenvalue weighted by atomic mass is 9.94. The molecule has 2 atom stereocenters. The highest BCUT2D eigenvalue weighted by atomic mass is 32.2. The van der Waals surface area contributed by atoms with Crippen LogP contribution in [-0.4, -0.2) is 48.0 Å². The topological polar surface area (TPSA) is 104 Å². The first kappa shape index (κ1) is 21.1. The monoisotopic (exact) mass is 403 g/mol. The van der Waals surface area contributed by atoms with Gasteiger partial charge in [-0.1, -0.05) is 25.5 Å². The fourth-order valence-corrected chi connectivity index (χ4v) is 5.22. The fraction of sp³-hybridized carbons (Fsp3) is 0.647. The molecule has 0 bridgehead atoms. The predicted molar refractivity (Wildman–Crippen MR) is 105 cm³/mol. The highest BCUT2D eigenvalue weighted by molar-refractivity contribution is 7.89. The lowest BCUT2D eigenvalue weighted by molar-refractivity contribution is 0.524. The molecule has 148 valence electrons. The molecule has 0 spiro atoms. The van der Waals surface area contributed by atoms with Crippen LogP contribution in [0.2, 0.25) is 0 Å². The average molecular weight is 404 g/mol. The third-order valence-electron chi connectivity index (χ3n) is 4.48. The summed E-state index contributed by atoms with van der Waals surface area (Å²) in [5, 5.41) is 3.16. The molecule has 0 saturated heterocycles. The number of hydrogen-bond acceptors (Lipinski definition) is 5. The van der Waals surface area contributed by atoms with Crippen molar-refractivity contribution in [2.24, 2.45) is 0 Å². The summed E-state index contributed by atoms with van der Waals surface area (Å²) in [6.45, 7) is 2.68. The van der Waals surface area contributed by atoms with E-state index in [1.807, 2.05) is 31.2 Å². The Bertz CT molecular complexity index is 777. The minimum atomic E-state index is -3.21. The molecular weight excluding hydrogens is 374 g/mol. The Morgan fingerprint density at radius 2 is 1.73 bits per heavy atom. The molecule has 0 aliphatic heterocycles. The van der Waals surface area contributed by atoms with Crippen LogP contribution in [0.4, 0.5) is 5.69 Å². The summed E-state index contributed by atoms with van der Waals surface area (Å²) in [4.78, 5) is 0. The van der Waals surface area contributed by atoms with E-state index in [0.717, 1.165) is 36.8 Å². The van der Waals surface area contributed by atoms with Gasteiger partial charge in [-0.15, -0.1) is 0 Å². The van der Waals surface area contributed by atoms with Gasteiger partial charge in [-0.25, -0.2) is 26.3 Å². The third kappa shape index (κ3) is 6.86. The number of benzene rings is 1. The first-order chi connectivity index (χ1) is 12.2. The SMILES string of the molecule is CCCS(=O)(=O)NC1CCCC1c1ccc(NCCNS(C)(=O)=O)cc1. The van der Waals surface area contributed by atoms with Gasteiger partial charge in [-0.2, -0.15) is 0 Å². The van der Waals surface area contributed by atoms with E-state index in [1.165, 1.54) is 0 Å². The highest BCUT2D eigenvalue weighted by Crippen LogP contribution is 2.35. The number of nitrogens with one attached hydrogen (secondary N) is 3. The van der Waals surface area contributed by atoms with Gasteiger partial charge in [0.2, 0.25) is 20.0 Å². The van der Waals surface area contributed by atoms with Gasteiger partial charge in [0.15, 0.2) is 0 Å². The van der Waals surface area contributed by atoms with Crippen molar-refractivity contribution >= 4 is 25.7 Å². The first-order valence-corrected chi connectivity index (χ1v) is 12.5. The van der Waals surface area contributed by atoms with E-state index in [9.17, 15) is 16.8 Å². The maximum absolute atomic E-state index is 12.1. The van der Waals surface area contributed by atoms with Crippen LogP contribution in [0.5, 0.6) is 0 Å². The van der Waals surface area contributed by atoms with E-state index in [-0.39, 0.29) is 17.7 Å². The van der Waals surface area contributed by atoms with Crippen molar-refractivity contribution in [1.82, 2.24) is 9.44 Å². The predicted octanol–water partition coefficient (Wildman–Crippen LogP) is 1.61. The summed E-state index contributed by atoms with van der Waals surface area (Å²) in [7, 11) is -6.38. The molecule has 26 heavy (non-hydrogen) atoms. The standard InChI is InChI=1S/C17H29N3O4S2/c1-3-13-26(23,24)20-17-6-4-5-16(17)14-7-9-15(10-8-14)18-11-12-19-25(2,21)22/h7-10,16-20H,3-6,11-13H2,1-2H3. The first-order valence-electron chi connectivity index (χ1n) is 8.98. The molecule has 0 heterocycles. The molecule has 1 saturated carbocycles. The Morgan fingerprint density at radius 1 is 1.04 bits per heavy atom. The average Bonchev–Trinajstić information content (AvgIpc) is 2.98. The van der Waals surface area contributed by atoms with Gasteiger partial charge in [0.1, 0.15) is 0 Å². The zero-order valence-corrected chi connectivity index (χ0v) is 17.0. The van der Waals surface area contributed by atoms with E-state index in [0.29, 0.717) is 19.5 Å². The molecule has 1 aliphatic rings. The molecule has 9 heteroatoms. The molecule has 1 aliphatic carbocycles. The number of rotatable bonds is 10. The van der Waals surface area contributed by atoms with Crippen LogP contribution in [0.25, 0.3) is 0 Å². The molecular formula is C17H29N3O4S2. The smallest absolute Gasteiger partial charge is 0.211 e. The van der Waals surface area contributed by atoms with Gasteiger partial charge in [0.25, 0.3) is 0 Å². The summed E-state index contributed by atoms with van der Waals surface area (Å²) in [6.07, 6.45) is 4.60. The van der Waals surface area contributed by atoms with Crippen LogP contribution in [0.15, 0.2) is 24.3 Å². The van der Waals surface area contributed by atoms with Gasteiger partial charge in [0, 0.05) is 30.7 Å². The molecule has 0 amide bonds. The second kappa shape index (κ2) is 9.16. The van der Waals surface area contributed by atoms with Gasteiger partial charge in [-0.05, 0) is 37.0 Å². The molecule has 0 aromatic heterocycles. The maximum atomic E-state index is 12.1. The van der Waals surface area contributed by atoms with Crippen molar-refractivity contribution in [2.45, 2.75) is 44.6 Å². The van der Waals surface area contributed by atoms with Crippen LogP contribution in [-0.2, 0) is 20.0 Å². The lowest BCUT2D eigenvalue weighted by Gasteiger charge is -2.21. The zero-order valence-electron chi connectivity index (χ0n) is 15.4. The van der Waals surface area contributed by atoms with E-state index >= 15 is 0 Å². The van der Waals surface area contributed by atoms with Crippen molar-refractivity contribution in [1.29, 1.82) is 0 Å². The maximum Gasteiger partial charge on any atom is 0.211 e. The van der Waals surface area contributed by atoms with E-state index < -0.39 is 20.0 Å². The Hall–Kier alpha value is -1.16. The second-order valence-electron chi connectivity index (χ2n) is 6.80. The fourth-order valence-electron chi connectivity index (χ4n) is 3.35. The van der Waals surface area contributed by atoms with Gasteiger partial charge < -0.3 is 5.32 Å². The van der Waals surface area contributed by atoms with Crippen molar-refractivity contribution in [2.75, 3.05) is 30.4 Å². The Balaban J connectivity index is 1.92. The van der Waals surface area contributed by atoms with Crippen LogP contribution >= 0.6 is 0 Å². The zero-order chi connectivity index (χ0) is 19.2. The second-order valence-corrected chi connectivity index (χ2v) is 10.5. The van der Waals surface area contributed by atoms with Crippen LogP contribution in [0.1, 0.15) is 44.1 Å². The van der Waals surface area contributed by atoms with Gasteiger partial charge >= 0.3 is 0 Å². The molecule has 7 nitrogen and oxygen atoms in total. The van der Waals surface area contributed by atoms with E-state index in [1.54, 1.807) is 0 Å². The van der Waals surface area contributed by atoms with Gasteiger partial charge in [0.05, 0.1) is 12.0 Å². The largest absolute Gasteiger partial charge is 0.384 e. The van der Waals surface area contributed by atoms with E-state index in [2.05, 4.69) is 14.8 Å². The van der Waals surface area contributed by atoms with Crippen LogP contribution in [0.3, 0.4) is 0 Å². The minimum Gasteiger partial charge on any atom is -0.384 e. The Kier molecular flexibility index (Phi) is 7.45. The lowest BCUT2D eigenvalue weighted by Crippen LogP contribution is -2.37. The number of sulfonamides is 2. The van der Waals surface area contributed by atoms with E-state index in [4.69, 9.17) is 0 Å². The highest BCUT2D eigenvalue weighted by Gasteiger charge is 2.31. The van der Waals surface area contributed by atoms with Crippen LogP contribution in [0, 0.1) is 0 Å². The Morgan fingerprint density at radius 3 is 2.35 bits per heavy atom. The molecule has 1 aromatic rings. The normalized spacial score (nSPS) is 21.0. The van der Waals surface area contributed by atoms with Gasteiger partial charge in [-0.3, -0.25) is 0 Å². The molecule has 1 aromatic carbocycles. The minimum absolute atomic E-state index is 0.0377. The third-order valence-corrected chi connectivity index (χ3v) is 6.81. The molecule has 0 radical (unpaired) electrons.